The largest absolute Gasteiger partial charge is 0.393 e. The van der Waals surface area contributed by atoms with Gasteiger partial charge in [0.1, 0.15) is 12.0 Å². The SMILES string of the molecule is CC[C@H](F)CNc1ncc(-c2ccc(N(C)CCCF)cn2)c(NC2CCC(O)CC2)n1. The topological polar surface area (TPSA) is 86.2 Å². The molecule has 176 valence electrons. The van der Waals surface area contributed by atoms with E-state index < -0.39 is 6.17 Å². The van der Waals surface area contributed by atoms with Crippen LogP contribution in [0.25, 0.3) is 11.3 Å². The predicted octanol–water partition coefficient (Wildman–Crippen LogP) is 4.21. The number of aromatic nitrogens is 3. The Labute approximate surface area is 188 Å². The van der Waals surface area contributed by atoms with Crippen molar-refractivity contribution in [2.24, 2.45) is 0 Å². The van der Waals surface area contributed by atoms with E-state index in [1.54, 1.807) is 19.3 Å². The van der Waals surface area contributed by atoms with Crippen LogP contribution >= 0.6 is 0 Å². The molecule has 7 nitrogen and oxygen atoms in total. The van der Waals surface area contributed by atoms with Gasteiger partial charge in [-0.1, -0.05) is 6.92 Å². The van der Waals surface area contributed by atoms with Crippen molar-refractivity contribution in [3.8, 4) is 11.3 Å². The van der Waals surface area contributed by atoms with Crippen LogP contribution in [0.3, 0.4) is 0 Å². The first kappa shape index (κ1) is 24.1. The fourth-order valence-electron chi connectivity index (χ4n) is 3.72. The zero-order valence-corrected chi connectivity index (χ0v) is 18.9. The highest BCUT2D eigenvalue weighted by atomic mass is 19.1. The van der Waals surface area contributed by atoms with Crippen LogP contribution in [0.15, 0.2) is 24.5 Å². The van der Waals surface area contributed by atoms with E-state index in [1.165, 1.54) is 0 Å². The molecule has 1 aliphatic rings. The van der Waals surface area contributed by atoms with Gasteiger partial charge in [0.2, 0.25) is 5.95 Å². The molecule has 1 atom stereocenters. The van der Waals surface area contributed by atoms with Gasteiger partial charge in [-0.25, -0.2) is 9.37 Å². The number of nitrogens with zero attached hydrogens (tertiary/aromatic N) is 4. The molecule has 0 spiro atoms. The number of alkyl halides is 2. The summed E-state index contributed by atoms with van der Waals surface area (Å²) in [5, 5.41) is 16.3. The molecule has 1 fully saturated rings. The zero-order chi connectivity index (χ0) is 22.9. The smallest absolute Gasteiger partial charge is 0.224 e. The molecule has 0 amide bonds. The van der Waals surface area contributed by atoms with Gasteiger partial charge in [0.15, 0.2) is 0 Å². The number of aliphatic hydroxyl groups is 1. The summed E-state index contributed by atoms with van der Waals surface area (Å²) in [7, 11) is 1.91. The van der Waals surface area contributed by atoms with E-state index in [1.807, 2.05) is 24.1 Å². The summed E-state index contributed by atoms with van der Waals surface area (Å²) >= 11 is 0. The lowest BCUT2D eigenvalue weighted by molar-refractivity contribution is 0.126. The third-order valence-electron chi connectivity index (χ3n) is 5.84. The molecule has 2 aromatic rings. The van der Waals surface area contributed by atoms with Gasteiger partial charge in [-0.2, -0.15) is 4.98 Å². The lowest BCUT2D eigenvalue weighted by Gasteiger charge is -2.27. The quantitative estimate of drug-likeness (QED) is 0.475. The van der Waals surface area contributed by atoms with Gasteiger partial charge in [0.25, 0.3) is 0 Å². The molecule has 32 heavy (non-hydrogen) atoms. The molecule has 0 aliphatic heterocycles. The van der Waals surface area contributed by atoms with Crippen molar-refractivity contribution in [2.45, 2.75) is 63.8 Å². The monoisotopic (exact) mass is 448 g/mol. The van der Waals surface area contributed by atoms with Gasteiger partial charge < -0.3 is 20.6 Å². The average molecular weight is 449 g/mol. The van der Waals surface area contributed by atoms with Crippen molar-refractivity contribution in [3.05, 3.63) is 24.5 Å². The Morgan fingerprint density at radius 3 is 2.62 bits per heavy atom. The molecule has 0 unspecified atom stereocenters. The number of hydrogen-bond donors (Lipinski definition) is 3. The molecule has 2 aromatic heterocycles. The second kappa shape index (κ2) is 11.9. The van der Waals surface area contributed by atoms with Crippen LogP contribution < -0.4 is 15.5 Å². The first-order chi connectivity index (χ1) is 15.5. The first-order valence-corrected chi connectivity index (χ1v) is 11.4. The van der Waals surface area contributed by atoms with Crippen LogP contribution in [-0.2, 0) is 0 Å². The van der Waals surface area contributed by atoms with E-state index in [2.05, 4.69) is 25.6 Å². The molecule has 0 saturated heterocycles. The summed E-state index contributed by atoms with van der Waals surface area (Å²) in [4.78, 5) is 15.5. The molecule has 3 N–H and O–H groups in total. The van der Waals surface area contributed by atoms with Crippen LogP contribution in [0.4, 0.5) is 26.2 Å². The normalized spacial score (nSPS) is 19.4. The molecule has 1 aliphatic carbocycles. The van der Waals surface area contributed by atoms with E-state index in [-0.39, 0.29) is 25.4 Å². The Balaban J connectivity index is 1.81. The number of pyridine rings is 1. The minimum Gasteiger partial charge on any atom is -0.393 e. The summed E-state index contributed by atoms with van der Waals surface area (Å²) in [6.07, 6.45) is 6.36. The van der Waals surface area contributed by atoms with E-state index in [9.17, 15) is 13.9 Å². The predicted molar refractivity (Wildman–Crippen MR) is 125 cm³/mol. The van der Waals surface area contributed by atoms with Crippen molar-refractivity contribution in [1.82, 2.24) is 15.0 Å². The minimum atomic E-state index is -0.960. The molecule has 0 radical (unpaired) electrons. The van der Waals surface area contributed by atoms with Crippen molar-refractivity contribution < 1.29 is 13.9 Å². The number of anilines is 3. The maximum absolute atomic E-state index is 13.7. The van der Waals surface area contributed by atoms with Crippen LogP contribution in [-0.4, -0.2) is 65.2 Å². The number of hydrogen-bond acceptors (Lipinski definition) is 7. The van der Waals surface area contributed by atoms with Crippen molar-refractivity contribution >= 4 is 17.5 Å². The lowest BCUT2D eigenvalue weighted by atomic mass is 9.93. The van der Waals surface area contributed by atoms with E-state index >= 15 is 0 Å². The molecule has 3 rings (SSSR count). The molecule has 9 heteroatoms. The van der Waals surface area contributed by atoms with Crippen LogP contribution in [0.1, 0.15) is 45.4 Å². The summed E-state index contributed by atoms with van der Waals surface area (Å²) in [6.45, 7) is 2.23. The third-order valence-corrected chi connectivity index (χ3v) is 5.84. The summed E-state index contributed by atoms with van der Waals surface area (Å²) in [6, 6.07) is 4.04. The van der Waals surface area contributed by atoms with Crippen LogP contribution in [0.2, 0.25) is 0 Å². The first-order valence-electron chi connectivity index (χ1n) is 11.4. The standard InChI is InChI=1S/C23H34F2N6O/c1-3-16(25)13-27-23-28-15-20(22(30-23)29-17-5-8-19(32)9-6-17)21-10-7-18(14-26-21)31(2)12-4-11-24/h7,10,14-17,19,32H,3-6,8-9,11-13H2,1-2H3,(H2,27,28,29,30)/t16-,17?,19?/m0/s1. The Bertz CT molecular complexity index is 830. The zero-order valence-electron chi connectivity index (χ0n) is 18.9. The number of aliphatic hydroxyl groups excluding tert-OH is 1. The van der Waals surface area contributed by atoms with Crippen molar-refractivity contribution in [2.75, 3.05) is 42.3 Å². The minimum absolute atomic E-state index is 0.156. The number of nitrogens with one attached hydrogen (secondary N) is 2. The van der Waals surface area contributed by atoms with E-state index in [0.717, 1.165) is 42.6 Å². The van der Waals surface area contributed by atoms with Crippen LogP contribution in [0.5, 0.6) is 0 Å². The number of rotatable bonds is 11. The van der Waals surface area contributed by atoms with Crippen molar-refractivity contribution in [3.63, 3.8) is 0 Å². The molecular weight excluding hydrogens is 414 g/mol. The Morgan fingerprint density at radius 2 is 1.97 bits per heavy atom. The highest BCUT2D eigenvalue weighted by molar-refractivity contribution is 5.73. The lowest BCUT2D eigenvalue weighted by Crippen LogP contribution is -2.29. The van der Waals surface area contributed by atoms with Gasteiger partial charge in [0, 0.05) is 32.4 Å². The van der Waals surface area contributed by atoms with Gasteiger partial charge in [-0.3, -0.25) is 9.37 Å². The van der Waals surface area contributed by atoms with Gasteiger partial charge in [0.05, 0.1) is 35.9 Å². The summed E-state index contributed by atoms with van der Waals surface area (Å²) in [5.74, 6) is 1.01. The molecule has 1 saturated carbocycles. The van der Waals surface area contributed by atoms with Gasteiger partial charge >= 0.3 is 0 Å². The summed E-state index contributed by atoms with van der Waals surface area (Å²) < 4.78 is 26.1. The van der Waals surface area contributed by atoms with E-state index in [0.29, 0.717) is 31.2 Å². The molecule has 0 aromatic carbocycles. The third kappa shape index (κ3) is 6.72. The highest BCUT2D eigenvalue weighted by Crippen LogP contribution is 2.29. The fourth-order valence-corrected chi connectivity index (χ4v) is 3.72. The maximum Gasteiger partial charge on any atom is 0.224 e. The second-order valence-electron chi connectivity index (χ2n) is 8.36. The number of halogens is 2. The van der Waals surface area contributed by atoms with Gasteiger partial charge in [-0.15, -0.1) is 0 Å². The molecule has 2 heterocycles. The van der Waals surface area contributed by atoms with Gasteiger partial charge in [-0.05, 0) is 50.7 Å². The maximum atomic E-state index is 13.7. The highest BCUT2D eigenvalue weighted by Gasteiger charge is 2.21. The fraction of sp³-hybridized carbons (Fsp3) is 0.609. The van der Waals surface area contributed by atoms with E-state index in [4.69, 9.17) is 0 Å². The summed E-state index contributed by atoms with van der Waals surface area (Å²) in [5.41, 5.74) is 2.38. The van der Waals surface area contributed by atoms with Crippen LogP contribution in [0, 0.1) is 0 Å². The molecule has 0 bridgehead atoms. The van der Waals surface area contributed by atoms with Crippen molar-refractivity contribution in [1.29, 1.82) is 0 Å². The Morgan fingerprint density at radius 1 is 1.19 bits per heavy atom. The average Bonchev–Trinajstić information content (AvgIpc) is 2.82. The molecular formula is C23H34F2N6O. The Hall–Kier alpha value is -2.55. The Kier molecular flexibility index (Phi) is 8.96. The second-order valence-corrected chi connectivity index (χ2v) is 8.36.